The van der Waals surface area contributed by atoms with Gasteiger partial charge in [0.2, 0.25) is 0 Å². The van der Waals surface area contributed by atoms with Gasteiger partial charge in [0.15, 0.2) is 0 Å². The molecule has 0 aromatic heterocycles. The summed E-state index contributed by atoms with van der Waals surface area (Å²) in [5, 5.41) is 6.78. The predicted octanol–water partition coefficient (Wildman–Crippen LogP) is 3.35. The van der Waals surface area contributed by atoms with Gasteiger partial charge in [-0.3, -0.25) is 4.79 Å². The zero-order valence-corrected chi connectivity index (χ0v) is 14.7. The van der Waals surface area contributed by atoms with Crippen molar-refractivity contribution in [2.24, 2.45) is 0 Å². The molecule has 1 amide bonds. The summed E-state index contributed by atoms with van der Waals surface area (Å²) < 4.78 is 5.73. The zero-order chi connectivity index (χ0) is 16.1. The molecule has 0 radical (unpaired) electrons. The Morgan fingerprint density at radius 2 is 2.04 bits per heavy atom. The maximum atomic E-state index is 12.1. The van der Waals surface area contributed by atoms with Gasteiger partial charge in [0.25, 0.3) is 5.91 Å². The molecule has 1 atom stereocenters. The number of halogens is 2. The molecule has 4 nitrogen and oxygen atoms in total. The minimum Gasteiger partial charge on any atom is -0.371 e. The van der Waals surface area contributed by atoms with E-state index >= 15 is 0 Å². The summed E-state index contributed by atoms with van der Waals surface area (Å²) in [5.74, 6) is -0.128. The molecule has 0 saturated carbocycles. The molecule has 128 valence electrons. The van der Waals surface area contributed by atoms with Crippen molar-refractivity contribution in [3.05, 3.63) is 70.2 Å². The zero-order valence-electron chi connectivity index (χ0n) is 13.1. The SMILES string of the molecule is Cl.O=C(NCc1ccc([C@H]2CNCCO2)cc1)c1cccc(Cl)c1. The summed E-state index contributed by atoms with van der Waals surface area (Å²) in [7, 11) is 0. The number of hydrogen-bond donors (Lipinski definition) is 2. The summed E-state index contributed by atoms with van der Waals surface area (Å²) in [6.45, 7) is 2.96. The van der Waals surface area contributed by atoms with Crippen molar-refractivity contribution in [2.75, 3.05) is 19.7 Å². The Balaban J connectivity index is 0.00000208. The topological polar surface area (TPSA) is 50.4 Å². The highest BCUT2D eigenvalue weighted by Gasteiger charge is 2.15. The Kier molecular flexibility index (Phi) is 7.06. The van der Waals surface area contributed by atoms with Gasteiger partial charge >= 0.3 is 0 Å². The molecule has 6 heteroatoms. The molecule has 0 unspecified atom stereocenters. The normalized spacial score (nSPS) is 17.0. The van der Waals surface area contributed by atoms with Crippen molar-refractivity contribution in [1.29, 1.82) is 0 Å². The second kappa shape index (κ2) is 9.04. The van der Waals surface area contributed by atoms with Gasteiger partial charge in [-0.2, -0.15) is 0 Å². The highest BCUT2D eigenvalue weighted by Crippen LogP contribution is 2.19. The van der Waals surface area contributed by atoms with Crippen molar-refractivity contribution >= 4 is 29.9 Å². The molecule has 2 aromatic rings. The first kappa shape index (κ1) is 18.7. The van der Waals surface area contributed by atoms with E-state index in [0.717, 1.165) is 30.8 Å². The second-order valence-corrected chi connectivity index (χ2v) is 5.93. The van der Waals surface area contributed by atoms with Crippen LogP contribution >= 0.6 is 24.0 Å². The van der Waals surface area contributed by atoms with Crippen LogP contribution < -0.4 is 10.6 Å². The van der Waals surface area contributed by atoms with E-state index in [4.69, 9.17) is 16.3 Å². The minimum atomic E-state index is -0.128. The summed E-state index contributed by atoms with van der Waals surface area (Å²) in [6, 6.07) is 15.1. The van der Waals surface area contributed by atoms with E-state index in [1.807, 2.05) is 12.1 Å². The summed E-state index contributed by atoms with van der Waals surface area (Å²) >= 11 is 5.90. The van der Waals surface area contributed by atoms with E-state index in [2.05, 4.69) is 22.8 Å². The number of amides is 1. The summed E-state index contributed by atoms with van der Waals surface area (Å²) in [5.41, 5.74) is 2.77. The van der Waals surface area contributed by atoms with Gasteiger partial charge in [0, 0.05) is 30.2 Å². The number of hydrogen-bond acceptors (Lipinski definition) is 3. The standard InChI is InChI=1S/C18H19ClN2O2.ClH/c19-16-3-1-2-15(10-16)18(22)21-11-13-4-6-14(7-5-13)17-12-20-8-9-23-17;/h1-7,10,17,20H,8-9,11-12H2,(H,21,22);1H/t17-;/m1./s1. The highest BCUT2D eigenvalue weighted by molar-refractivity contribution is 6.30. The van der Waals surface area contributed by atoms with Crippen LogP contribution in [0.25, 0.3) is 0 Å². The maximum Gasteiger partial charge on any atom is 0.251 e. The monoisotopic (exact) mass is 366 g/mol. The molecule has 0 aliphatic carbocycles. The number of carbonyl (C=O) groups excluding carboxylic acids is 1. The van der Waals surface area contributed by atoms with E-state index < -0.39 is 0 Å². The molecule has 24 heavy (non-hydrogen) atoms. The summed E-state index contributed by atoms with van der Waals surface area (Å²) in [6.07, 6.45) is 0.110. The largest absolute Gasteiger partial charge is 0.371 e. The average molecular weight is 367 g/mol. The second-order valence-electron chi connectivity index (χ2n) is 5.50. The number of ether oxygens (including phenoxy) is 1. The van der Waals surface area contributed by atoms with Gasteiger partial charge in [-0.1, -0.05) is 41.9 Å². The fraction of sp³-hybridized carbons (Fsp3) is 0.278. The quantitative estimate of drug-likeness (QED) is 0.872. The Morgan fingerprint density at radius 1 is 1.25 bits per heavy atom. The first-order valence-corrected chi connectivity index (χ1v) is 8.05. The third-order valence-electron chi connectivity index (χ3n) is 3.82. The third kappa shape index (κ3) is 4.95. The molecule has 2 aromatic carbocycles. The van der Waals surface area contributed by atoms with E-state index in [0.29, 0.717) is 17.1 Å². The van der Waals surface area contributed by atoms with Crippen LogP contribution in [0.15, 0.2) is 48.5 Å². The van der Waals surface area contributed by atoms with Crippen LogP contribution in [-0.2, 0) is 11.3 Å². The van der Waals surface area contributed by atoms with Crippen LogP contribution in [0.3, 0.4) is 0 Å². The molecular formula is C18H20Cl2N2O2. The van der Waals surface area contributed by atoms with Crippen LogP contribution in [0, 0.1) is 0 Å². The van der Waals surface area contributed by atoms with Gasteiger partial charge in [-0.25, -0.2) is 0 Å². The highest BCUT2D eigenvalue weighted by atomic mass is 35.5. The summed E-state index contributed by atoms with van der Waals surface area (Å²) in [4.78, 5) is 12.1. The van der Waals surface area contributed by atoms with E-state index in [-0.39, 0.29) is 24.4 Å². The smallest absolute Gasteiger partial charge is 0.251 e. The van der Waals surface area contributed by atoms with Crippen LogP contribution in [0.5, 0.6) is 0 Å². The molecule has 1 saturated heterocycles. The molecule has 0 spiro atoms. The van der Waals surface area contributed by atoms with Gasteiger partial charge in [-0.05, 0) is 29.3 Å². The van der Waals surface area contributed by atoms with Crippen molar-refractivity contribution < 1.29 is 9.53 Å². The van der Waals surface area contributed by atoms with Crippen LogP contribution in [0.1, 0.15) is 27.6 Å². The lowest BCUT2D eigenvalue weighted by atomic mass is 10.1. The van der Waals surface area contributed by atoms with Gasteiger partial charge < -0.3 is 15.4 Å². The fourth-order valence-electron chi connectivity index (χ4n) is 2.54. The lowest BCUT2D eigenvalue weighted by Gasteiger charge is -2.24. The van der Waals surface area contributed by atoms with E-state index in [1.54, 1.807) is 24.3 Å². The molecule has 1 aliphatic rings. The Hall–Kier alpha value is -1.59. The van der Waals surface area contributed by atoms with Crippen LogP contribution in [-0.4, -0.2) is 25.6 Å². The fourth-order valence-corrected chi connectivity index (χ4v) is 2.73. The molecule has 1 fully saturated rings. The number of nitrogens with one attached hydrogen (secondary N) is 2. The molecule has 1 aliphatic heterocycles. The van der Waals surface area contributed by atoms with E-state index in [9.17, 15) is 4.79 Å². The number of carbonyl (C=O) groups is 1. The predicted molar refractivity (Wildman–Crippen MR) is 97.9 cm³/mol. The molecule has 2 N–H and O–H groups in total. The Labute approximate surface area is 153 Å². The number of rotatable bonds is 4. The first-order chi connectivity index (χ1) is 11.2. The Morgan fingerprint density at radius 3 is 2.71 bits per heavy atom. The van der Waals surface area contributed by atoms with Gasteiger partial charge in [0.05, 0.1) is 12.7 Å². The maximum absolute atomic E-state index is 12.1. The molecule has 3 rings (SSSR count). The van der Waals surface area contributed by atoms with Crippen molar-refractivity contribution in [2.45, 2.75) is 12.6 Å². The molecular weight excluding hydrogens is 347 g/mol. The van der Waals surface area contributed by atoms with Gasteiger partial charge in [0.1, 0.15) is 0 Å². The van der Waals surface area contributed by atoms with Crippen molar-refractivity contribution in [3.8, 4) is 0 Å². The average Bonchev–Trinajstić information content (AvgIpc) is 2.61. The number of morpholine rings is 1. The van der Waals surface area contributed by atoms with Crippen LogP contribution in [0.2, 0.25) is 5.02 Å². The number of benzene rings is 2. The Bertz CT molecular complexity index is 671. The first-order valence-electron chi connectivity index (χ1n) is 7.67. The van der Waals surface area contributed by atoms with E-state index in [1.165, 1.54) is 0 Å². The lowest BCUT2D eigenvalue weighted by molar-refractivity contribution is 0.0277. The van der Waals surface area contributed by atoms with Crippen LogP contribution in [0.4, 0.5) is 0 Å². The molecule has 0 bridgehead atoms. The van der Waals surface area contributed by atoms with Crippen molar-refractivity contribution in [3.63, 3.8) is 0 Å². The minimum absolute atomic E-state index is 0. The van der Waals surface area contributed by atoms with Gasteiger partial charge in [-0.15, -0.1) is 12.4 Å². The lowest BCUT2D eigenvalue weighted by Crippen LogP contribution is -2.33. The molecule has 1 heterocycles. The third-order valence-corrected chi connectivity index (χ3v) is 4.05. The van der Waals surface area contributed by atoms with Crippen molar-refractivity contribution in [1.82, 2.24) is 10.6 Å².